The van der Waals surface area contributed by atoms with Gasteiger partial charge in [-0.3, -0.25) is 0 Å². The van der Waals surface area contributed by atoms with Crippen LogP contribution in [0.2, 0.25) is 0 Å². The normalized spacial score (nSPS) is 23.5. The standard InChI is InChI=1S/C16H22N2O3S2/c1-9-7-18(8-10(2)21-9)16(22)17-14-13(15(19)20-3)11-5-4-6-12(11)23-14/h9-10H,4-8H2,1-3H3,(H,17,22). The lowest BCUT2D eigenvalue weighted by Gasteiger charge is -2.36. The summed E-state index contributed by atoms with van der Waals surface area (Å²) in [5.74, 6) is -0.279. The summed E-state index contributed by atoms with van der Waals surface area (Å²) in [5, 5.41) is 4.75. The fourth-order valence-electron chi connectivity index (χ4n) is 3.33. The molecule has 0 saturated carbocycles. The summed E-state index contributed by atoms with van der Waals surface area (Å²) in [5.41, 5.74) is 1.80. The van der Waals surface area contributed by atoms with Gasteiger partial charge in [0.15, 0.2) is 5.11 Å². The van der Waals surface area contributed by atoms with Crippen LogP contribution in [0.3, 0.4) is 0 Å². The summed E-state index contributed by atoms with van der Waals surface area (Å²) < 4.78 is 10.7. The van der Waals surface area contributed by atoms with E-state index in [1.54, 1.807) is 11.3 Å². The van der Waals surface area contributed by atoms with E-state index < -0.39 is 0 Å². The number of fused-ring (bicyclic) bond motifs is 1. The molecule has 2 aliphatic rings. The number of morpholine rings is 1. The van der Waals surface area contributed by atoms with Crippen LogP contribution < -0.4 is 5.32 Å². The second kappa shape index (κ2) is 6.75. The number of aryl methyl sites for hydroxylation is 1. The van der Waals surface area contributed by atoms with Crippen LogP contribution in [0.25, 0.3) is 0 Å². The topological polar surface area (TPSA) is 50.8 Å². The second-order valence-electron chi connectivity index (χ2n) is 6.15. The molecule has 3 rings (SSSR count). The van der Waals surface area contributed by atoms with Gasteiger partial charge >= 0.3 is 5.97 Å². The van der Waals surface area contributed by atoms with Crippen molar-refractivity contribution in [3.8, 4) is 0 Å². The van der Waals surface area contributed by atoms with Crippen molar-refractivity contribution in [2.24, 2.45) is 0 Å². The minimum absolute atomic E-state index is 0.145. The molecule has 2 atom stereocenters. The molecule has 0 spiro atoms. The van der Waals surface area contributed by atoms with E-state index in [2.05, 4.69) is 10.2 Å². The van der Waals surface area contributed by atoms with Crippen LogP contribution in [0.4, 0.5) is 5.00 Å². The summed E-state index contributed by atoms with van der Waals surface area (Å²) in [6, 6.07) is 0. The van der Waals surface area contributed by atoms with Crippen LogP contribution in [0.1, 0.15) is 41.1 Å². The summed E-state index contributed by atoms with van der Waals surface area (Å²) in [7, 11) is 1.43. The van der Waals surface area contributed by atoms with Crippen LogP contribution in [0, 0.1) is 0 Å². The van der Waals surface area contributed by atoms with Gasteiger partial charge in [-0.15, -0.1) is 11.3 Å². The van der Waals surface area contributed by atoms with Crippen molar-refractivity contribution in [1.82, 2.24) is 4.90 Å². The minimum Gasteiger partial charge on any atom is -0.465 e. The largest absolute Gasteiger partial charge is 0.465 e. The quantitative estimate of drug-likeness (QED) is 0.651. The molecule has 5 nitrogen and oxygen atoms in total. The monoisotopic (exact) mass is 354 g/mol. The summed E-state index contributed by atoms with van der Waals surface area (Å²) in [6.07, 6.45) is 3.37. The Labute approximate surface area is 145 Å². The number of carbonyl (C=O) groups is 1. The molecule has 2 unspecified atom stereocenters. The highest BCUT2D eigenvalue weighted by molar-refractivity contribution is 7.80. The molecular weight excluding hydrogens is 332 g/mol. The van der Waals surface area contributed by atoms with Crippen molar-refractivity contribution in [3.63, 3.8) is 0 Å². The first kappa shape index (κ1) is 16.7. The van der Waals surface area contributed by atoms with Crippen LogP contribution in [-0.2, 0) is 22.3 Å². The van der Waals surface area contributed by atoms with E-state index in [-0.39, 0.29) is 18.2 Å². The minimum atomic E-state index is -0.279. The lowest BCUT2D eigenvalue weighted by atomic mass is 10.1. The van der Waals surface area contributed by atoms with Crippen molar-refractivity contribution in [2.75, 3.05) is 25.5 Å². The van der Waals surface area contributed by atoms with Gasteiger partial charge in [0, 0.05) is 18.0 Å². The van der Waals surface area contributed by atoms with Gasteiger partial charge in [0.2, 0.25) is 0 Å². The van der Waals surface area contributed by atoms with Gasteiger partial charge in [0.1, 0.15) is 5.00 Å². The van der Waals surface area contributed by atoms with E-state index in [0.29, 0.717) is 10.7 Å². The number of thiophene rings is 1. The number of anilines is 1. The molecule has 0 bridgehead atoms. The molecule has 0 radical (unpaired) electrons. The number of esters is 1. The second-order valence-corrected chi connectivity index (χ2v) is 7.64. The first-order valence-corrected chi connectivity index (χ1v) is 9.16. The van der Waals surface area contributed by atoms with E-state index in [1.165, 1.54) is 12.0 Å². The van der Waals surface area contributed by atoms with Crippen molar-refractivity contribution in [2.45, 2.75) is 45.3 Å². The lowest BCUT2D eigenvalue weighted by Crippen LogP contribution is -2.49. The number of carbonyl (C=O) groups excluding carboxylic acids is 1. The predicted molar refractivity (Wildman–Crippen MR) is 95.5 cm³/mol. The number of nitrogens with one attached hydrogen (secondary N) is 1. The number of rotatable bonds is 2. The first-order chi connectivity index (χ1) is 11.0. The molecule has 1 aromatic heterocycles. The van der Waals surface area contributed by atoms with Crippen molar-refractivity contribution in [3.05, 3.63) is 16.0 Å². The number of nitrogens with zero attached hydrogens (tertiary/aromatic N) is 1. The van der Waals surface area contributed by atoms with Crippen molar-refractivity contribution in [1.29, 1.82) is 0 Å². The SMILES string of the molecule is COC(=O)c1c(NC(=S)N2CC(C)OC(C)C2)sc2c1CCC2. The molecule has 1 N–H and O–H groups in total. The van der Waals surface area contributed by atoms with E-state index in [1.807, 2.05) is 13.8 Å². The number of methoxy groups -OCH3 is 1. The van der Waals surface area contributed by atoms with E-state index in [4.69, 9.17) is 21.7 Å². The Bertz CT molecular complexity index is 619. The summed E-state index contributed by atoms with van der Waals surface area (Å²) in [6.45, 7) is 5.61. The average molecular weight is 354 g/mol. The molecule has 1 aliphatic heterocycles. The van der Waals surface area contributed by atoms with Gasteiger partial charge in [-0.2, -0.15) is 0 Å². The van der Waals surface area contributed by atoms with Crippen molar-refractivity contribution < 1.29 is 14.3 Å². The maximum Gasteiger partial charge on any atom is 0.341 e. The smallest absolute Gasteiger partial charge is 0.341 e. The maximum absolute atomic E-state index is 12.2. The molecule has 1 fully saturated rings. The lowest BCUT2D eigenvalue weighted by molar-refractivity contribution is -0.0473. The Morgan fingerprint density at radius 1 is 1.35 bits per heavy atom. The zero-order valence-corrected chi connectivity index (χ0v) is 15.3. The van der Waals surface area contributed by atoms with E-state index in [0.717, 1.165) is 42.9 Å². The number of thiocarbonyl (C=S) groups is 1. The highest BCUT2D eigenvalue weighted by atomic mass is 32.1. The highest BCUT2D eigenvalue weighted by Crippen LogP contribution is 2.39. The van der Waals surface area contributed by atoms with Crippen LogP contribution in [0.15, 0.2) is 0 Å². The maximum atomic E-state index is 12.2. The number of hydrogen-bond donors (Lipinski definition) is 1. The van der Waals surface area contributed by atoms with Gasteiger partial charge in [0.25, 0.3) is 0 Å². The Kier molecular flexibility index (Phi) is 4.89. The van der Waals surface area contributed by atoms with Crippen LogP contribution in [-0.4, -0.2) is 48.4 Å². The Morgan fingerprint density at radius 3 is 2.70 bits per heavy atom. The van der Waals surface area contributed by atoms with Gasteiger partial charge in [-0.05, 0) is 50.9 Å². The average Bonchev–Trinajstić information content (AvgIpc) is 3.05. The third-order valence-corrected chi connectivity index (χ3v) is 5.81. The Balaban J connectivity index is 1.80. The number of ether oxygens (including phenoxy) is 2. The first-order valence-electron chi connectivity index (χ1n) is 7.93. The molecule has 23 heavy (non-hydrogen) atoms. The van der Waals surface area contributed by atoms with Gasteiger partial charge in [-0.25, -0.2) is 4.79 Å². The summed E-state index contributed by atoms with van der Waals surface area (Å²) in [4.78, 5) is 15.6. The molecule has 1 aromatic rings. The molecule has 7 heteroatoms. The molecule has 0 aromatic carbocycles. The highest BCUT2D eigenvalue weighted by Gasteiger charge is 2.29. The molecular formula is C16H22N2O3S2. The fourth-order valence-corrected chi connectivity index (χ4v) is 4.92. The van der Waals surface area contributed by atoms with E-state index >= 15 is 0 Å². The Hall–Kier alpha value is -1.18. The number of hydrogen-bond acceptors (Lipinski definition) is 5. The van der Waals surface area contributed by atoms with Gasteiger partial charge in [0.05, 0.1) is 24.9 Å². The van der Waals surface area contributed by atoms with Crippen LogP contribution in [0.5, 0.6) is 0 Å². The van der Waals surface area contributed by atoms with Crippen LogP contribution >= 0.6 is 23.6 Å². The molecule has 1 saturated heterocycles. The Morgan fingerprint density at radius 2 is 2.04 bits per heavy atom. The summed E-state index contributed by atoms with van der Waals surface area (Å²) >= 11 is 7.19. The van der Waals surface area contributed by atoms with Gasteiger partial charge in [-0.1, -0.05) is 0 Å². The fraction of sp³-hybridized carbons (Fsp3) is 0.625. The third kappa shape index (κ3) is 3.36. The zero-order chi connectivity index (χ0) is 16.6. The zero-order valence-electron chi connectivity index (χ0n) is 13.7. The van der Waals surface area contributed by atoms with E-state index in [9.17, 15) is 4.79 Å². The molecule has 2 heterocycles. The third-order valence-electron chi connectivity index (χ3n) is 4.24. The molecule has 126 valence electrons. The predicted octanol–water partition coefficient (Wildman–Crippen LogP) is 2.83. The molecule has 1 aliphatic carbocycles. The molecule has 0 amide bonds. The van der Waals surface area contributed by atoms with Gasteiger partial charge < -0.3 is 19.7 Å². The van der Waals surface area contributed by atoms with Crippen molar-refractivity contribution >= 4 is 39.6 Å².